The lowest BCUT2D eigenvalue weighted by atomic mass is 10.2. The quantitative estimate of drug-likeness (QED) is 0.756. The summed E-state index contributed by atoms with van der Waals surface area (Å²) in [6.45, 7) is 5.04. The summed E-state index contributed by atoms with van der Waals surface area (Å²) in [7, 11) is 0. The molecule has 5 N–H and O–H groups in total. The molecular weight excluding hydrogens is 274 g/mol. The van der Waals surface area contributed by atoms with Crippen molar-refractivity contribution in [3.05, 3.63) is 10.4 Å². The summed E-state index contributed by atoms with van der Waals surface area (Å²) in [5.74, 6) is -0.590. The van der Waals surface area contributed by atoms with Gasteiger partial charge in [0, 0.05) is 12.6 Å². The monoisotopic (exact) mass is 293 g/mol. The molecule has 7 heteroatoms. The number of nitrogens with one attached hydrogen (secondary N) is 1. The van der Waals surface area contributed by atoms with Crippen molar-refractivity contribution in [1.29, 1.82) is 5.26 Å². The first-order valence-electron chi connectivity index (χ1n) is 6.68. The molecule has 20 heavy (non-hydrogen) atoms. The molecule has 1 saturated heterocycles. The average Bonchev–Trinajstić information content (AvgIpc) is 2.99. The first kappa shape index (κ1) is 14.6. The van der Waals surface area contributed by atoms with Crippen LogP contribution >= 0.6 is 11.3 Å². The highest BCUT2D eigenvalue weighted by Gasteiger charge is 2.24. The zero-order valence-corrected chi connectivity index (χ0v) is 12.3. The smallest absolute Gasteiger partial charge is 0.261 e. The van der Waals surface area contributed by atoms with Gasteiger partial charge >= 0.3 is 0 Å². The van der Waals surface area contributed by atoms with Crippen molar-refractivity contribution in [3.63, 3.8) is 0 Å². The van der Waals surface area contributed by atoms with Crippen LogP contribution in [0.2, 0.25) is 0 Å². The number of anilines is 2. The van der Waals surface area contributed by atoms with Gasteiger partial charge in [0.25, 0.3) is 5.91 Å². The van der Waals surface area contributed by atoms with Crippen LogP contribution in [0.15, 0.2) is 0 Å². The molecule has 0 saturated carbocycles. The van der Waals surface area contributed by atoms with Gasteiger partial charge in [0.2, 0.25) is 0 Å². The Balaban J connectivity index is 2.12. The zero-order chi connectivity index (χ0) is 14.7. The number of amides is 1. The van der Waals surface area contributed by atoms with Crippen molar-refractivity contribution in [3.8, 4) is 6.07 Å². The molecule has 1 aliphatic rings. The zero-order valence-electron chi connectivity index (χ0n) is 11.5. The molecule has 6 nitrogen and oxygen atoms in total. The Morgan fingerprint density at radius 1 is 1.65 bits per heavy atom. The number of carbonyl (C=O) groups is 1. The van der Waals surface area contributed by atoms with Crippen molar-refractivity contribution < 1.29 is 4.79 Å². The Labute approximate surface area is 122 Å². The Hall–Kier alpha value is -1.78. The van der Waals surface area contributed by atoms with Gasteiger partial charge < -0.3 is 16.8 Å². The SMILES string of the molecule is CCN1CCCC1CNc1sc(C(N)=O)c(N)c1C#N. The minimum absolute atomic E-state index is 0.186. The average molecular weight is 293 g/mol. The van der Waals surface area contributed by atoms with E-state index in [4.69, 9.17) is 16.7 Å². The maximum atomic E-state index is 11.3. The molecule has 1 amide bonds. The number of thiophene rings is 1. The predicted octanol–water partition coefficient (Wildman–Crippen LogP) is 1.20. The summed E-state index contributed by atoms with van der Waals surface area (Å²) in [6, 6.07) is 2.51. The van der Waals surface area contributed by atoms with Crippen LogP contribution in [0.25, 0.3) is 0 Å². The second-order valence-electron chi connectivity index (χ2n) is 4.83. The number of primary amides is 1. The van der Waals surface area contributed by atoms with Gasteiger partial charge in [-0.1, -0.05) is 6.92 Å². The van der Waals surface area contributed by atoms with Crippen LogP contribution in [0.5, 0.6) is 0 Å². The maximum Gasteiger partial charge on any atom is 0.261 e. The number of nitrogens with zero attached hydrogens (tertiary/aromatic N) is 2. The first-order valence-corrected chi connectivity index (χ1v) is 7.50. The van der Waals surface area contributed by atoms with Gasteiger partial charge in [0.15, 0.2) is 0 Å². The molecule has 1 aromatic rings. The van der Waals surface area contributed by atoms with Gasteiger partial charge in [0.1, 0.15) is 21.5 Å². The van der Waals surface area contributed by atoms with Crippen LogP contribution in [0.4, 0.5) is 10.7 Å². The van der Waals surface area contributed by atoms with Crippen LogP contribution in [0, 0.1) is 11.3 Å². The van der Waals surface area contributed by atoms with E-state index in [1.807, 2.05) is 6.07 Å². The fourth-order valence-corrected chi connectivity index (χ4v) is 3.55. The molecule has 1 aliphatic heterocycles. The number of nitriles is 1. The van der Waals surface area contributed by atoms with Gasteiger partial charge in [-0.2, -0.15) is 5.26 Å². The van der Waals surface area contributed by atoms with E-state index >= 15 is 0 Å². The molecular formula is C13H19N5OS. The number of hydrogen-bond donors (Lipinski definition) is 3. The van der Waals surface area contributed by atoms with Gasteiger partial charge in [-0.15, -0.1) is 11.3 Å². The summed E-state index contributed by atoms with van der Waals surface area (Å²) in [5, 5.41) is 13.1. The number of rotatable bonds is 5. The summed E-state index contributed by atoms with van der Waals surface area (Å²) >= 11 is 1.16. The molecule has 2 rings (SSSR count). The second-order valence-corrected chi connectivity index (χ2v) is 5.85. The van der Waals surface area contributed by atoms with Crippen LogP contribution in [0.1, 0.15) is 35.0 Å². The number of likely N-dealkylation sites (tertiary alicyclic amines) is 1. The fraction of sp³-hybridized carbons (Fsp3) is 0.538. The van der Waals surface area contributed by atoms with E-state index in [0.717, 1.165) is 37.4 Å². The van der Waals surface area contributed by atoms with E-state index in [0.29, 0.717) is 16.6 Å². The van der Waals surface area contributed by atoms with Crippen molar-refractivity contribution in [1.82, 2.24) is 4.90 Å². The van der Waals surface area contributed by atoms with E-state index in [2.05, 4.69) is 17.1 Å². The second kappa shape index (κ2) is 6.11. The highest BCUT2D eigenvalue weighted by molar-refractivity contribution is 7.18. The number of nitrogens with two attached hydrogens (primary N) is 2. The molecule has 108 valence electrons. The van der Waals surface area contributed by atoms with Crippen LogP contribution in [-0.4, -0.2) is 36.5 Å². The summed E-state index contributed by atoms with van der Waals surface area (Å²) < 4.78 is 0. The van der Waals surface area contributed by atoms with E-state index in [9.17, 15) is 4.79 Å². The standard InChI is InChI=1S/C13H19N5OS/c1-2-18-5-3-4-8(18)7-17-13-9(6-14)10(15)11(20-13)12(16)19/h8,17H,2-5,7,15H2,1H3,(H2,16,19). The van der Waals surface area contributed by atoms with Crippen molar-refractivity contribution in [2.45, 2.75) is 25.8 Å². The minimum atomic E-state index is -0.590. The van der Waals surface area contributed by atoms with Crippen LogP contribution < -0.4 is 16.8 Å². The molecule has 1 aromatic heterocycles. The third-order valence-corrected chi connectivity index (χ3v) is 4.86. The van der Waals surface area contributed by atoms with Crippen molar-refractivity contribution >= 4 is 27.9 Å². The molecule has 0 spiro atoms. The molecule has 1 unspecified atom stereocenters. The van der Waals surface area contributed by atoms with Crippen molar-refractivity contribution in [2.75, 3.05) is 30.7 Å². The Morgan fingerprint density at radius 3 is 3.00 bits per heavy atom. The topological polar surface area (TPSA) is 108 Å². The fourth-order valence-electron chi connectivity index (χ4n) is 2.62. The largest absolute Gasteiger partial charge is 0.396 e. The molecule has 0 bridgehead atoms. The van der Waals surface area contributed by atoms with E-state index in [1.165, 1.54) is 6.42 Å². The number of hydrogen-bond acceptors (Lipinski definition) is 6. The number of carbonyl (C=O) groups excluding carboxylic acids is 1. The van der Waals surface area contributed by atoms with Crippen LogP contribution in [-0.2, 0) is 0 Å². The van der Waals surface area contributed by atoms with Gasteiger partial charge in [-0.25, -0.2) is 0 Å². The maximum absolute atomic E-state index is 11.3. The van der Waals surface area contributed by atoms with Crippen LogP contribution in [0.3, 0.4) is 0 Å². The van der Waals surface area contributed by atoms with E-state index in [-0.39, 0.29) is 10.6 Å². The van der Waals surface area contributed by atoms with E-state index in [1.54, 1.807) is 0 Å². The minimum Gasteiger partial charge on any atom is -0.396 e. The Kier molecular flexibility index (Phi) is 4.47. The Morgan fingerprint density at radius 2 is 2.40 bits per heavy atom. The summed E-state index contributed by atoms with van der Waals surface area (Å²) in [5.41, 5.74) is 11.6. The molecule has 2 heterocycles. The molecule has 0 aromatic carbocycles. The molecule has 1 fully saturated rings. The highest BCUT2D eigenvalue weighted by Crippen LogP contribution is 2.35. The lowest BCUT2D eigenvalue weighted by Gasteiger charge is -2.23. The molecule has 0 aliphatic carbocycles. The van der Waals surface area contributed by atoms with Gasteiger partial charge in [0.05, 0.1) is 5.69 Å². The van der Waals surface area contributed by atoms with Gasteiger partial charge in [-0.05, 0) is 25.9 Å². The normalized spacial score (nSPS) is 18.9. The predicted molar refractivity (Wildman–Crippen MR) is 80.7 cm³/mol. The third kappa shape index (κ3) is 2.71. The lowest BCUT2D eigenvalue weighted by Crippen LogP contribution is -2.34. The van der Waals surface area contributed by atoms with Gasteiger partial charge in [-0.3, -0.25) is 9.69 Å². The Bertz CT molecular complexity index is 548. The summed E-state index contributed by atoms with van der Waals surface area (Å²) in [4.78, 5) is 13.9. The molecule has 1 atom stereocenters. The van der Waals surface area contributed by atoms with E-state index < -0.39 is 5.91 Å². The third-order valence-electron chi connectivity index (χ3n) is 3.68. The summed E-state index contributed by atoms with van der Waals surface area (Å²) in [6.07, 6.45) is 2.34. The van der Waals surface area contributed by atoms with Crippen molar-refractivity contribution in [2.24, 2.45) is 5.73 Å². The number of nitrogen functional groups attached to an aromatic ring is 1. The lowest BCUT2D eigenvalue weighted by molar-refractivity contribution is 0.100. The molecule has 0 radical (unpaired) electrons. The number of likely N-dealkylation sites (N-methyl/N-ethyl adjacent to an activating group) is 1. The highest BCUT2D eigenvalue weighted by atomic mass is 32.1. The first-order chi connectivity index (χ1) is 9.58.